The summed E-state index contributed by atoms with van der Waals surface area (Å²) in [6, 6.07) is 15.9. The summed E-state index contributed by atoms with van der Waals surface area (Å²) in [6.07, 6.45) is 4.54. The predicted molar refractivity (Wildman–Crippen MR) is 128 cm³/mol. The molecule has 1 saturated heterocycles. The Bertz CT molecular complexity index is 925. The highest BCUT2D eigenvalue weighted by molar-refractivity contribution is 5.97. The third-order valence-electron chi connectivity index (χ3n) is 7.53. The average molecular weight is 437 g/mol. The van der Waals surface area contributed by atoms with Crippen molar-refractivity contribution in [1.29, 1.82) is 0 Å². The molecule has 2 fully saturated rings. The Morgan fingerprint density at radius 3 is 2.50 bits per heavy atom. The van der Waals surface area contributed by atoms with Gasteiger partial charge >= 0.3 is 0 Å². The van der Waals surface area contributed by atoms with E-state index < -0.39 is 5.60 Å². The number of likely N-dealkylation sites (tertiary alicyclic amines) is 1. The summed E-state index contributed by atoms with van der Waals surface area (Å²) in [4.78, 5) is 18.1. The fourth-order valence-electron chi connectivity index (χ4n) is 5.77. The van der Waals surface area contributed by atoms with Gasteiger partial charge in [-0.2, -0.15) is 0 Å². The van der Waals surface area contributed by atoms with Crippen LogP contribution in [0, 0.1) is 5.92 Å². The molecule has 2 aromatic carbocycles. The van der Waals surface area contributed by atoms with Gasteiger partial charge in [0.2, 0.25) is 0 Å². The van der Waals surface area contributed by atoms with Crippen LogP contribution in [-0.2, 0) is 0 Å². The van der Waals surface area contributed by atoms with E-state index in [4.69, 9.17) is 4.74 Å². The van der Waals surface area contributed by atoms with E-state index in [1.54, 1.807) is 7.11 Å². The smallest absolute Gasteiger partial charge is 0.258 e. The number of piperidine rings is 1. The molecule has 172 valence electrons. The lowest BCUT2D eigenvalue weighted by Gasteiger charge is -2.52. The van der Waals surface area contributed by atoms with Crippen molar-refractivity contribution in [2.24, 2.45) is 5.92 Å². The normalized spacial score (nSPS) is 25.2. The molecule has 5 nitrogen and oxygen atoms in total. The van der Waals surface area contributed by atoms with Gasteiger partial charge < -0.3 is 19.6 Å². The molecule has 1 heterocycles. The second-order valence-corrected chi connectivity index (χ2v) is 9.11. The van der Waals surface area contributed by atoms with Gasteiger partial charge in [-0.1, -0.05) is 37.1 Å². The van der Waals surface area contributed by atoms with Crippen molar-refractivity contribution in [2.75, 3.05) is 31.6 Å². The van der Waals surface area contributed by atoms with Crippen molar-refractivity contribution in [3.8, 4) is 5.75 Å². The molecular formula is C27H36N2O3. The lowest BCUT2D eigenvalue weighted by atomic mass is 9.66. The predicted octanol–water partition coefficient (Wildman–Crippen LogP) is 5.05. The summed E-state index contributed by atoms with van der Waals surface area (Å²) in [6.45, 7) is 6.79. The van der Waals surface area contributed by atoms with Crippen LogP contribution in [0.3, 0.4) is 0 Å². The Balaban J connectivity index is 1.73. The van der Waals surface area contributed by atoms with Crippen LogP contribution in [0.25, 0.3) is 0 Å². The number of anilines is 1. The molecule has 0 radical (unpaired) electrons. The Hall–Kier alpha value is -2.53. The second kappa shape index (κ2) is 9.53. The van der Waals surface area contributed by atoms with E-state index in [0.29, 0.717) is 24.3 Å². The average Bonchev–Trinajstić information content (AvgIpc) is 2.84. The SMILES string of the molecule is CCN(CC)c1ccc([C@@H]2[C@H]3CCCC[C@]3(O)CCN2C(=O)c2ccccc2OC)cc1. The van der Waals surface area contributed by atoms with Crippen LogP contribution in [0.1, 0.15) is 67.9 Å². The van der Waals surface area contributed by atoms with Gasteiger partial charge in [0.15, 0.2) is 0 Å². The number of nitrogens with zero attached hydrogens (tertiary/aromatic N) is 2. The number of hydrogen-bond acceptors (Lipinski definition) is 4. The van der Waals surface area contributed by atoms with Gasteiger partial charge in [0.05, 0.1) is 24.3 Å². The molecular weight excluding hydrogens is 400 g/mol. The van der Waals surface area contributed by atoms with Crippen LogP contribution in [0.4, 0.5) is 5.69 Å². The van der Waals surface area contributed by atoms with Crippen LogP contribution in [0.5, 0.6) is 5.75 Å². The molecule has 0 aromatic heterocycles. The van der Waals surface area contributed by atoms with E-state index in [2.05, 4.69) is 43.0 Å². The highest BCUT2D eigenvalue weighted by atomic mass is 16.5. The number of amides is 1. The van der Waals surface area contributed by atoms with E-state index in [1.165, 1.54) is 5.69 Å². The summed E-state index contributed by atoms with van der Waals surface area (Å²) in [5.41, 5.74) is 2.18. The first-order chi connectivity index (χ1) is 15.5. The second-order valence-electron chi connectivity index (χ2n) is 9.11. The Morgan fingerprint density at radius 2 is 1.81 bits per heavy atom. The van der Waals surface area contributed by atoms with Gasteiger partial charge in [0.25, 0.3) is 5.91 Å². The van der Waals surface area contributed by atoms with Crippen molar-refractivity contribution in [1.82, 2.24) is 4.90 Å². The maximum Gasteiger partial charge on any atom is 0.258 e. The Morgan fingerprint density at radius 1 is 1.09 bits per heavy atom. The Labute approximate surface area is 192 Å². The molecule has 2 aromatic rings. The number of aliphatic hydroxyl groups is 1. The number of fused-ring (bicyclic) bond motifs is 1. The summed E-state index contributed by atoms with van der Waals surface area (Å²) < 4.78 is 5.49. The standard InChI is InChI=1S/C27H36N2O3/c1-4-28(5-2)21-15-13-20(14-16-21)25-23-11-8-9-17-27(23,31)18-19-29(25)26(30)22-10-6-7-12-24(22)32-3/h6-7,10,12-16,23,25,31H,4-5,8-9,11,17-19H2,1-3H3/t23-,25-,27+/m1/s1. The molecule has 32 heavy (non-hydrogen) atoms. The fraction of sp³-hybridized carbons (Fsp3) is 0.519. The zero-order chi connectivity index (χ0) is 22.7. The van der Waals surface area contributed by atoms with Crippen molar-refractivity contribution >= 4 is 11.6 Å². The quantitative estimate of drug-likeness (QED) is 0.688. The molecule has 1 aliphatic heterocycles. The van der Waals surface area contributed by atoms with Gasteiger partial charge in [-0.15, -0.1) is 0 Å². The van der Waals surface area contributed by atoms with Crippen LogP contribution < -0.4 is 9.64 Å². The van der Waals surface area contributed by atoms with Crippen molar-refractivity contribution in [3.05, 3.63) is 59.7 Å². The number of carbonyl (C=O) groups excluding carboxylic acids is 1. The topological polar surface area (TPSA) is 53.0 Å². The lowest BCUT2D eigenvalue weighted by Crippen LogP contribution is -2.56. The third kappa shape index (κ3) is 4.11. The minimum atomic E-state index is -0.696. The minimum Gasteiger partial charge on any atom is -0.496 e. The number of ether oxygens (including phenoxy) is 1. The number of methoxy groups -OCH3 is 1. The number of rotatable bonds is 6. The first kappa shape index (κ1) is 22.7. The molecule has 3 atom stereocenters. The fourth-order valence-corrected chi connectivity index (χ4v) is 5.77. The van der Waals surface area contributed by atoms with Gasteiger partial charge in [-0.05, 0) is 62.9 Å². The molecule has 1 aliphatic carbocycles. The molecule has 2 aliphatic rings. The number of para-hydroxylation sites is 1. The molecule has 0 spiro atoms. The highest BCUT2D eigenvalue weighted by Gasteiger charge is 2.50. The first-order valence-corrected chi connectivity index (χ1v) is 12.0. The number of hydrogen-bond donors (Lipinski definition) is 1. The maximum atomic E-state index is 13.8. The third-order valence-corrected chi connectivity index (χ3v) is 7.53. The minimum absolute atomic E-state index is 0.0205. The van der Waals surface area contributed by atoms with Crippen LogP contribution >= 0.6 is 0 Å². The summed E-state index contributed by atoms with van der Waals surface area (Å²) in [5, 5.41) is 11.5. The van der Waals surface area contributed by atoms with Gasteiger partial charge in [0.1, 0.15) is 5.75 Å². The largest absolute Gasteiger partial charge is 0.496 e. The molecule has 1 saturated carbocycles. The highest BCUT2D eigenvalue weighted by Crippen LogP contribution is 2.50. The molecule has 4 rings (SSSR count). The van der Waals surface area contributed by atoms with Crippen LogP contribution in [0.2, 0.25) is 0 Å². The van der Waals surface area contributed by atoms with Gasteiger partial charge in [-0.3, -0.25) is 4.79 Å². The van der Waals surface area contributed by atoms with Crippen LogP contribution in [-0.4, -0.2) is 48.3 Å². The maximum absolute atomic E-state index is 13.8. The summed E-state index contributed by atoms with van der Waals surface area (Å²) >= 11 is 0. The van der Waals surface area contributed by atoms with E-state index in [0.717, 1.165) is 44.3 Å². The first-order valence-electron chi connectivity index (χ1n) is 12.0. The van der Waals surface area contributed by atoms with E-state index >= 15 is 0 Å². The lowest BCUT2D eigenvalue weighted by molar-refractivity contribution is -0.115. The van der Waals surface area contributed by atoms with Crippen molar-refractivity contribution < 1.29 is 14.6 Å². The number of carbonyl (C=O) groups is 1. The van der Waals surface area contributed by atoms with Crippen molar-refractivity contribution in [3.63, 3.8) is 0 Å². The monoisotopic (exact) mass is 436 g/mol. The summed E-state index contributed by atoms with van der Waals surface area (Å²) in [7, 11) is 1.60. The summed E-state index contributed by atoms with van der Waals surface area (Å²) in [5.74, 6) is 0.619. The zero-order valence-electron chi connectivity index (χ0n) is 19.6. The molecule has 5 heteroatoms. The molecule has 0 bridgehead atoms. The van der Waals surface area contributed by atoms with Gasteiger partial charge in [0, 0.05) is 31.2 Å². The zero-order valence-corrected chi connectivity index (χ0v) is 19.6. The van der Waals surface area contributed by atoms with Gasteiger partial charge in [-0.25, -0.2) is 0 Å². The molecule has 1 amide bonds. The van der Waals surface area contributed by atoms with E-state index in [1.807, 2.05) is 29.2 Å². The molecule has 0 unspecified atom stereocenters. The van der Waals surface area contributed by atoms with E-state index in [-0.39, 0.29) is 17.9 Å². The van der Waals surface area contributed by atoms with Crippen LogP contribution in [0.15, 0.2) is 48.5 Å². The molecule has 1 N–H and O–H groups in total. The Kier molecular flexibility index (Phi) is 6.75. The number of benzene rings is 2. The van der Waals surface area contributed by atoms with Crippen molar-refractivity contribution in [2.45, 2.75) is 57.6 Å². The van der Waals surface area contributed by atoms with E-state index in [9.17, 15) is 9.90 Å².